The maximum absolute atomic E-state index is 13.7. The summed E-state index contributed by atoms with van der Waals surface area (Å²) < 4.78 is 5.16. The van der Waals surface area contributed by atoms with Crippen molar-refractivity contribution in [3.8, 4) is 0 Å². The maximum atomic E-state index is 13.7. The van der Waals surface area contributed by atoms with E-state index in [-0.39, 0.29) is 41.9 Å². The molecule has 1 aliphatic heterocycles. The van der Waals surface area contributed by atoms with Gasteiger partial charge in [0.2, 0.25) is 17.7 Å². The minimum Gasteiger partial charge on any atom is -0.462 e. The van der Waals surface area contributed by atoms with E-state index in [1.54, 1.807) is 24.3 Å². The van der Waals surface area contributed by atoms with Crippen LogP contribution in [0.1, 0.15) is 35.7 Å². The summed E-state index contributed by atoms with van der Waals surface area (Å²) in [7, 11) is 0. The molecule has 7 nitrogen and oxygen atoms in total. The number of amides is 3. The van der Waals surface area contributed by atoms with Crippen molar-refractivity contribution < 1.29 is 23.9 Å². The van der Waals surface area contributed by atoms with Crippen LogP contribution in [0.25, 0.3) is 0 Å². The Hall–Kier alpha value is -3.74. The van der Waals surface area contributed by atoms with Gasteiger partial charge in [-0.05, 0) is 66.3 Å². The second-order valence-corrected chi connectivity index (χ2v) is 10.6. The Morgan fingerprint density at radius 3 is 2.16 bits per heavy atom. The van der Waals surface area contributed by atoms with Crippen LogP contribution in [0.5, 0.6) is 0 Å². The van der Waals surface area contributed by atoms with Crippen LogP contribution in [0.15, 0.2) is 66.7 Å². The molecule has 4 aliphatic carbocycles. The maximum Gasteiger partial charge on any atom is 0.338 e. The molecule has 3 amide bonds. The average Bonchev–Trinajstić information content (AvgIpc) is 3.70. The number of nitrogens with one attached hydrogen (secondary N) is 1. The van der Waals surface area contributed by atoms with Gasteiger partial charge >= 0.3 is 5.97 Å². The lowest BCUT2D eigenvalue weighted by molar-refractivity contribution is -0.146. The zero-order chi connectivity index (χ0) is 25.7. The van der Waals surface area contributed by atoms with E-state index in [0.29, 0.717) is 29.7 Å². The van der Waals surface area contributed by atoms with E-state index in [0.717, 1.165) is 18.4 Å². The zero-order valence-corrected chi connectivity index (χ0v) is 20.7. The number of rotatable bonds is 8. The molecule has 190 valence electrons. The highest BCUT2D eigenvalue weighted by molar-refractivity contribution is 6.10. The van der Waals surface area contributed by atoms with Crippen molar-refractivity contribution in [2.24, 2.45) is 35.5 Å². The molecule has 0 spiro atoms. The van der Waals surface area contributed by atoms with E-state index in [4.69, 9.17) is 4.74 Å². The number of carbonyl (C=O) groups is 4. The van der Waals surface area contributed by atoms with Gasteiger partial charge in [-0.1, -0.05) is 49.4 Å². The number of ether oxygens (including phenoxy) is 1. The Bertz CT molecular complexity index is 1230. The second kappa shape index (κ2) is 9.29. The number of carbonyl (C=O) groups excluding carboxylic acids is 4. The fraction of sp³-hybridized carbons (Fsp3) is 0.400. The van der Waals surface area contributed by atoms with Crippen molar-refractivity contribution in [2.45, 2.75) is 32.2 Å². The Kier molecular flexibility index (Phi) is 5.94. The van der Waals surface area contributed by atoms with Crippen LogP contribution in [-0.4, -0.2) is 41.2 Å². The highest BCUT2D eigenvalue weighted by Gasteiger charge is 2.67. The predicted molar refractivity (Wildman–Crippen MR) is 136 cm³/mol. The molecule has 1 saturated heterocycles. The summed E-state index contributed by atoms with van der Waals surface area (Å²) in [6.07, 6.45) is 6.33. The van der Waals surface area contributed by atoms with Crippen LogP contribution >= 0.6 is 0 Å². The number of hydrogen-bond donors (Lipinski definition) is 1. The normalized spacial score (nSPS) is 29.5. The fourth-order valence-electron chi connectivity index (χ4n) is 6.62. The molecule has 0 unspecified atom stereocenters. The second-order valence-electron chi connectivity index (χ2n) is 10.6. The molecule has 7 heteroatoms. The first kappa shape index (κ1) is 23.6. The van der Waals surface area contributed by atoms with Crippen LogP contribution < -0.4 is 5.32 Å². The molecule has 2 saturated carbocycles. The molecular weight excluding hydrogens is 468 g/mol. The van der Waals surface area contributed by atoms with Crippen molar-refractivity contribution >= 4 is 29.4 Å². The number of benzene rings is 2. The predicted octanol–water partition coefficient (Wildman–Crippen LogP) is 3.86. The molecule has 2 aromatic carbocycles. The van der Waals surface area contributed by atoms with Crippen LogP contribution in [0, 0.1) is 35.5 Å². The molecule has 37 heavy (non-hydrogen) atoms. The lowest BCUT2D eigenvalue weighted by Crippen LogP contribution is -2.49. The van der Waals surface area contributed by atoms with Crippen LogP contribution in [0.3, 0.4) is 0 Å². The van der Waals surface area contributed by atoms with E-state index in [2.05, 4.69) is 17.5 Å². The number of imide groups is 1. The fourth-order valence-corrected chi connectivity index (χ4v) is 6.62. The minimum absolute atomic E-state index is 0.0990. The van der Waals surface area contributed by atoms with E-state index in [1.165, 1.54) is 4.90 Å². The van der Waals surface area contributed by atoms with Crippen molar-refractivity contribution in [2.75, 3.05) is 11.9 Å². The number of esters is 1. The largest absolute Gasteiger partial charge is 0.462 e. The van der Waals surface area contributed by atoms with Gasteiger partial charge < -0.3 is 10.1 Å². The van der Waals surface area contributed by atoms with Crippen LogP contribution in [0.2, 0.25) is 0 Å². The van der Waals surface area contributed by atoms with E-state index < -0.39 is 17.9 Å². The molecule has 3 fully saturated rings. The summed E-state index contributed by atoms with van der Waals surface area (Å²) >= 11 is 0. The quantitative estimate of drug-likeness (QED) is 0.339. The Labute approximate surface area is 215 Å². The number of nitrogens with zero attached hydrogens (tertiary/aromatic N) is 1. The molecule has 2 aromatic rings. The third kappa shape index (κ3) is 4.06. The van der Waals surface area contributed by atoms with Crippen molar-refractivity contribution in [1.29, 1.82) is 0 Å². The van der Waals surface area contributed by atoms with Crippen molar-refractivity contribution in [3.05, 3.63) is 77.9 Å². The van der Waals surface area contributed by atoms with Gasteiger partial charge in [0.1, 0.15) is 6.04 Å². The molecule has 7 rings (SSSR count). The summed E-state index contributed by atoms with van der Waals surface area (Å²) in [5.74, 6) is -0.793. The van der Waals surface area contributed by atoms with Gasteiger partial charge in [0, 0.05) is 12.1 Å². The highest BCUT2D eigenvalue weighted by atomic mass is 16.5. The van der Waals surface area contributed by atoms with Gasteiger partial charge in [-0.15, -0.1) is 0 Å². The minimum atomic E-state index is -0.960. The average molecular weight is 499 g/mol. The van der Waals surface area contributed by atoms with Gasteiger partial charge in [0.05, 0.1) is 24.0 Å². The molecule has 0 radical (unpaired) electrons. The van der Waals surface area contributed by atoms with Gasteiger partial charge in [0.15, 0.2) is 0 Å². The lowest BCUT2D eigenvalue weighted by Gasteiger charge is -2.37. The molecule has 0 aromatic heterocycles. The number of hydrogen-bond acceptors (Lipinski definition) is 5. The Morgan fingerprint density at radius 2 is 1.57 bits per heavy atom. The van der Waals surface area contributed by atoms with E-state index in [9.17, 15) is 19.2 Å². The molecule has 5 aliphatic rings. The van der Waals surface area contributed by atoms with Gasteiger partial charge in [-0.3, -0.25) is 19.3 Å². The summed E-state index contributed by atoms with van der Waals surface area (Å²) in [5.41, 5.74) is 1.74. The molecule has 1 N–H and O–H groups in total. The summed E-state index contributed by atoms with van der Waals surface area (Å²) in [6.45, 7) is 2.27. The zero-order valence-electron chi connectivity index (χ0n) is 20.7. The molecule has 7 atom stereocenters. The summed E-state index contributed by atoms with van der Waals surface area (Å²) in [6, 6.07) is 14.9. The van der Waals surface area contributed by atoms with Crippen LogP contribution in [0.4, 0.5) is 5.69 Å². The summed E-state index contributed by atoms with van der Waals surface area (Å²) in [5, 5.41) is 2.87. The molecule has 2 bridgehead atoms. The third-order valence-corrected chi connectivity index (χ3v) is 8.41. The first-order chi connectivity index (χ1) is 18.0. The first-order valence-electron chi connectivity index (χ1n) is 13.1. The van der Waals surface area contributed by atoms with Crippen molar-refractivity contribution in [1.82, 2.24) is 4.90 Å². The number of allylic oxidation sites excluding steroid dienone is 2. The van der Waals surface area contributed by atoms with E-state index in [1.807, 2.05) is 37.3 Å². The Morgan fingerprint density at radius 1 is 0.946 bits per heavy atom. The van der Waals surface area contributed by atoms with Crippen molar-refractivity contribution in [3.63, 3.8) is 0 Å². The standard InChI is InChI=1S/C30H30N2O5/c1-2-14-37-30(36)18-8-10-19(11-9-18)31-27(33)24(15-17-6-4-3-5-7-17)32-28(34)25-20-12-13-21(23-16-22(20)23)26(25)29(32)35/h3-13,20-26H,2,14-16H2,1H3,(H,31,33)/t20-,21-,22-,23+,24-,25-,26+/m0/s1. The monoisotopic (exact) mass is 498 g/mol. The van der Waals surface area contributed by atoms with Crippen LogP contribution in [-0.2, 0) is 25.5 Å². The molecular formula is C30H30N2O5. The van der Waals surface area contributed by atoms with Gasteiger partial charge in [0.25, 0.3) is 0 Å². The lowest BCUT2D eigenvalue weighted by atomic mass is 9.63. The highest BCUT2D eigenvalue weighted by Crippen LogP contribution is 2.65. The Balaban J connectivity index is 1.25. The van der Waals surface area contributed by atoms with E-state index >= 15 is 0 Å². The van der Waals surface area contributed by atoms with Gasteiger partial charge in [-0.25, -0.2) is 4.79 Å². The summed E-state index contributed by atoms with van der Waals surface area (Å²) in [4.78, 5) is 54.5. The topological polar surface area (TPSA) is 92.8 Å². The van der Waals surface area contributed by atoms with Gasteiger partial charge in [-0.2, -0.15) is 0 Å². The number of likely N-dealkylation sites (tertiary alicyclic amines) is 1. The smallest absolute Gasteiger partial charge is 0.338 e. The SMILES string of the molecule is CCCOC(=O)c1ccc(NC(=O)[C@H](Cc2ccccc2)N2C(=O)[C@@H]3[C@H]4C=C[C@@H]([C@@H]5C[C@H]45)[C@@H]3C2=O)cc1. The number of anilines is 1. The molecule has 1 heterocycles. The first-order valence-corrected chi connectivity index (χ1v) is 13.1. The third-order valence-electron chi connectivity index (χ3n) is 8.41.